The Kier molecular flexibility index (Phi) is 10.0. The van der Waals surface area contributed by atoms with Gasteiger partial charge in [-0.15, -0.1) is 17.3 Å². The first-order chi connectivity index (χ1) is 19.0. The summed E-state index contributed by atoms with van der Waals surface area (Å²) < 4.78 is 23.7. The molecule has 5 nitrogen and oxygen atoms in total. The van der Waals surface area contributed by atoms with Gasteiger partial charge < -0.3 is 18.9 Å². The van der Waals surface area contributed by atoms with E-state index in [1.165, 1.54) is 15.6 Å². The summed E-state index contributed by atoms with van der Waals surface area (Å²) in [6.07, 6.45) is 0.234. The Morgan fingerprint density at radius 2 is 1.85 bits per heavy atom. The van der Waals surface area contributed by atoms with Crippen LogP contribution in [0.25, 0.3) is 21.2 Å². The van der Waals surface area contributed by atoms with Gasteiger partial charge in [-0.1, -0.05) is 36.3 Å². The molecule has 3 aromatic carbocycles. The van der Waals surface area contributed by atoms with Gasteiger partial charge in [-0.3, -0.25) is 4.79 Å². The average molecular weight is 543 g/mol. The van der Waals surface area contributed by atoms with Crippen LogP contribution in [0.5, 0.6) is 11.5 Å². The monoisotopic (exact) mass is 542 g/mol. The second-order valence-electron chi connectivity index (χ2n) is 9.08. The van der Waals surface area contributed by atoms with Crippen LogP contribution in [-0.2, 0) is 20.9 Å². The summed E-state index contributed by atoms with van der Waals surface area (Å²) in [5.74, 6) is 7.22. The number of hydrogen-bond acceptors (Lipinski definition) is 6. The smallest absolute Gasteiger partial charge is 0.307 e. The van der Waals surface area contributed by atoms with Crippen molar-refractivity contribution in [2.24, 2.45) is 0 Å². The molecule has 0 amide bonds. The molecule has 0 aliphatic heterocycles. The van der Waals surface area contributed by atoms with Crippen molar-refractivity contribution in [1.82, 2.24) is 0 Å². The lowest BCUT2D eigenvalue weighted by Gasteiger charge is -2.14. The molecule has 202 valence electrons. The molecule has 0 bridgehead atoms. The van der Waals surface area contributed by atoms with Crippen LogP contribution >= 0.6 is 11.3 Å². The predicted octanol–water partition coefficient (Wildman–Crippen LogP) is 7.54. The minimum absolute atomic E-state index is 0.202. The summed E-state index contributed by atoms with van der Waals surface area (Å²) in [6.45, 7) is 7.54. The normalized spacial score (nSPS) is 11.5. The van der Waals surface area contributed by atoms with Crippen LogP contribution in [-0.4, -0.2) is 32.9 Å². The molecule has 39 heavy (non-hydrogen) atoms. The molecule has 4 aromatic rings. The quantitative estimate of drug-likeness (QED) is 0.105. The molecule has 0 aliphatic rings. The number of carbonyl (C=O) groups is 1. The number of rotatable bonds is 12. The van der Waals surface area contributed by atoms with Gasteiger partial charge in [0.25, 0.3) is 0 Å². The Labute approximate surface area is 234 Å². The Morgan fingerprint density at radius 1 is 1.03 bits per heavy atom. The molecule has 6 heteroatoms. The molecule has 1 heterocycles. The van der Waals surface area contributed by atoms with E-state index in [-0.39, 0.29) is 18.3 Å². The summed E-state index contributed by atoms with van der Waals surface area (Å²) in [5.41, 5.74) is 5.49. The summed E-state index contributed by atoms with van der Waals surface area (Å²) in [4.78, 5) is 12.0. The molecule has 0 aliphatic carbocycles. The van der Waals surface area contributed by atoms with Gasteiger partial charge in [0.1, 0.15) is 24.7 Å². The molecule has 0 unspecified atom stereocenters. The molecule has 0 saturated carbocycles. The number of thiophene rings is 1. The zero-order valence-electron chi connectivity index (χ0n) is 22.9. The summed E-state index contributed by atoms with van der Waals surface area (Å²) in [7, 11) is 1.68. The van der Waals surface area contributed by atoms with Crippen molar-refractivity contribution in [2.75, 3.05) is 26.9 Å². The van der Waals surface area contributed by atoms with E-state index in [9.17, 15) is 4.79 Å². The van der Waals surface area contributed by atoms with Crippen molar-refractivity contribution in [3.63, 3.8) is 0 Å². The van der Waals surface area contributed by atoms with Crippen molar-refractivity contribution in [3.05, 3.63) is 82.7 Å². The Hall–Kier alpha value is -3.79. The fourth-order valence-electron chi connectivity index (χ4n) is 4.48. The first-order valence-corrected chi connectivity index (χ1v) is 13.9. The van der Waals surface area contributed by atoms with Gasteiger partial charge in [-0.2, -0.15) is 0 Å². The molecule has 0 saturated heterocycles. The number of ether oxygens (including phenoxy) is 4. The average Bonchev–Trinajstić information content (AvgIpc) is 3.35. The standard InChI is InChI=1S/C33H34O5S/c1-5-8-26(20-32(34)36-6-2)25-12-14-27(15-13-25)38-21-24-11-16-31-28(19-24)29(22-39-31)33-23(3)9-7-10-30(33)37-18-17-35-4/h7,9-16,19,22,26H,6,17-18,20-21H2,1-4H3/t26-/m0/s1. The SMILES string of the molecule is CC#C[C@@H](CC(=O)OCC)c1ccc(OCc2ccc3scc(-c4c(C)cccc4OCCOC)c3c2)cc1. The third kappa shape index (κ3) is 7.20. The van der Waals surface area contributed by atoms with Gasteiger partial charge in [-0.05, 0) is 73.2 Å². The van der Waals surface area contributed by atoms with Crippen LogP contribution in [0.1, 0.15) is 42.9 Å². The number of hydrogen-bond donors (Lipinski definition) is 0. The molecular formula is C33H34O5S. The van der Waals surface area contributed by atoms with E-state index in [0.717, 1.165) is 33.8 Å². The lowest BCUT2D eigenvalue weighted by molar-refractivity contribution is -0.143. The number of aryl methyl sites for hydroxylation is 1. The minimum Gasteiger partial charge on any atom is -0.491 e. The maximum Gasteiger partial charge on any atom is 0.307 e. The maximum absolute atomic E-state index is 12.0. The highest BCUT2D eigenvalue weighted by Gasteiger charge is 2.16. The Morgan fingerprint density at radius 3 is 2.59 bits per heavy atom. The highest BCUT2D eigenvalue weighted by atomic mass is 32.1. The first kappa shape index (κ1) is 28.2. The molecule has 0 radical (unpaired) electrons. The number of esters is 1. The zero-order chi connectivity index (χ0) is 27.6. The fourth-order valence-corrected chi connectivity index (χ4v) is 5.41. The van der Waals surface area contributed by atoms with E-state index in [0.29, 0.717) is 26.4 Å². The zero-order valence-corrected chi connectivity index (χ0v) is 23.7. The van der Waals surface area contributed by atoms with Crippen molar-refractivity contribution in [2.45, 2.75) is 39.7 Å². The predicted molar refractivity (Wildman–Crippen MR) is 158 cm³/mol. The third-order valence-corrected chi connectivity index (χ3v) is 7.33. The third-order valence-electron chi connectivity index (χ3n) is 6.37. The van der Waals surface area contributed by atoms with Gasteiger partial charge in [0, 0.05) is 28.3 Å². The maximum atomic E-state index is 12.0. The van der Waals surface area contributed by atoms with E-state index in [4.69, 9.17) is 18.9 Å². The Bertz CT molecular complexity index is 1460. The number of methoxy groups -OCH3 is 1. The highest BCUT2D eigenvalue weighted by Crippen LogP contribution is 2.41. The molecule has 0 N–H and O–H groups in total. The number of carbonyl (C=O) groups excluding carboxylic acids is 1. The molecule has 1 aromatic heterocycles. The summed E-state index contributed by atoms with van der Waals surface area (Å²) in [5, 5.41) is 3.38. The lowest BCUT2D eigenvalue weighted by Crippen LogP contribution is -2.09. The van der Waals surface area contributed by atoms with Crippen LogP contribution in [0.2, 0.25) is 0 Å². The van der Waals surface area contributed by atoms with Crippen LogP contribution in [0.15, 0.2) is 66.0 Å². The number of benzene rings is 3. The van der Waals surface area contributed by atoms with Crippen LogP contribution < -0.4 is 9.47 Å². The van der Waals surface area contributed by atoms with Crippen LogP contribution in [0.3, 0.4) is 0 Å². The summed E-state index contributed by atoms with van der Waals surface area (Å²) >= 11 is 1.73. The van der Waals surface area contributed by atoms with Crippen LogP contribution in [0, 0.1) is 18.8 Å². The van der Waals surface area contributed by atoms with Crippen molar-refractivity contribution in [3.8, 4) is 34.5 Å². The van der Waals surface area contributed by atoms with E-state index in [2.05, 4.69) is 48.4 Å². The van der Waals surface area contributed by atoms with Crippen molar-refractivity contribution < 1.29 is 23.7 Å². The topological polar surface area (TPSA) is 54.0 Å². The van der Waals surface area contributed by atoms with Gasteiger partial charge in [-0.25, -0.2) is 0 Å². The van der Waals surface area contributed by atoms with E-state index < -0.39 is 0 Å². The van der Waals surface area contributed by atoms with Gasteiger partial charge >= 0.3 is 5.97 Å². The molecule has 1 atom stereocenters. The molecule has 0 spiro atoms. The molecule has 4 rings (SSSR count). The molecule has 0 fully saturated rings. The van der Waals surface area contributed by atoms with E-state index in [1.54, 1.807) is 32.3 Å². The van der Waals surface area contributed by atoms with E-state index >= 15 is 0 Å². The van der Waals surface area contributed by atoms with Crippen molar-refractivity contribution in [1.29, 1.82) is 0 Å². The Balaban J connectivity index is 1.50. The lowest BCUT2D eigenvalue weighted by atomic mass is 9.96. The van der Waals surface area contributed by atoms with Gasteiger partial charge in [0.05, 0.1) is 25.6 Å². The largest absolute Gasteiger partial charge is 0.491 e. The second kappa shape index (κ2) is 13.8. The van der Waals surface area contributed by atoms with Crippen LogP contribution in [0.4, 0.5) is 0 Å². The highest BCUT2D eigenvalue weighted by molar-refractivity contribution is 7.17. The second-order valence-corrected chi connectivity index (χ2v) is 9.99. The minimum atomic E-state index is -0.242. The molecular weight excluding hydrogens is 508 g/mol. The first-order valence-electron chi connectivity index (χ1n) is 13.1. The summed E-state index contributed by atoms with van der Waals surface area (Å²) in [6, 6.07) is 20.4. The fraction of sp³-hybridized carbons (Fsp3) is 0.303. The van der Waals surface area contributed by atoms with Gasteiger partial charge in [0.2, 0.25) is 0 Å². The van der Waals surface area contributed by atoms with Crippen molar-refractivity contribution >= 4 is 27.4 Å². The van der Waals surface area contributed by atoms with E-state index in [1.807, 2.05) is 36.4 Å². The van der Waals surface area contributed by atoms with Gasteiger partial charge in [0.15, 0.2) is 0 Å². The number of fused-ring (bicyclic) bond motifs is 1.